The zero-order chi connectivity index (χ0) is 25.8. The van der Waals surface area contributed by atoms with Crippen LogP contribution in [-0.2, 0) is 6.42 Å². The monoisotopic (exact) mass is 504 g/mol. The van der Waals surface area contributed by atoms with Gasteiger partial charge in [0.2, 0.25) is 0 Å². The quantitative estimate of drug-likeness (QED) is 0.281. The highest BCUT2D eigenvalue weighted by atomic mass is 28.4. The molecule has 1 unspecified atom stereocenters. The van der Waals surface area contributed by atoms with Crippen LogP contribution >= 0.6 is 0 Å². The summed E-state index contributed by atoms with van der Waals surface area (Å²) in [6.07, 6.45) is 0.823. The van der Waals surface area contributed by atoms with Gasteiger partial charge in [0.05, 0.1) is 8.07 Å². The van der Waals surface area contributed by atoms with Crippen LogP contribution in [0.1, 0.15) is 58.2 Å². The third-order valence-electron chi connectivity index (χ3n) is 8.09. The Bertz CT molecular complexity index is 1050. The number of phenolic OH excluding ortho intramolecular Hbond substituents is 1. The maximum atomic E-state index is 10.6. The van der Waals surface area contributed by atoms with Crippen LogP contribution in [0.4, 0.5) is 0 Å². The molecule has 0 saturated heterocycles. The van der Waals surface area contributed by atoms with Crippen molar-refractivity contribution >= 4 is 21.6 Å². The van der Waals surface area contributed by atoms with E-state index in [2.05, 4.69) is 115 Å². The summed E-state index contributed by atoms with van der Waals surface area (Å²) in [6, 6.07) is 27.6. The molecule has 0 saturated carbocycles. The molecule has 35 heavy (non-hydrogen) atoms. The second-order valence-electron chi connectivity index (χ2n) is 11.5. The van der Waals surface area contributed by atoms with E-state index < -0.39 is 16.4 Å². The largest absolute Gasteiger partial charge is 0.543 e. The van der Waals surface area contributed by atoms with Crippen LogP contribution in [0.2, 0.25) is 29.7 Å². The minimum Gasteiger partial charge on any atom is -0.543 e. The third kappa shape index (κ3) is 5.75. The van der Waals surface area contributed by atoms with Crippen LogP contribution < -0.4 is 9.61 Å². The van der Waals surface area contributed by atoms with Gasteiger partial charge in [-0.05, 0) is 57.9 Å². The first-order valence-corrected chi connectivity index (χ1v) is 18.3. The number of benzene rings is 3. The van der Waals surface area contributed by atoms with Gasteiger partial charge < -0.3 is 9.53 Å². The number of phenols is 1. The minimum absolute atomic E-state index is 0.328. The minimum atomic E-state index is -2.00. The summed E-state index contributed by atoms with van der Waals surface area (Å²) < 4.78 is 6.94. The second-order valence-corrected chi connectivity index (χ2v) is 21.6. The van der Waals surface area contributed by atoms with E-state index in [0.29, 0.717) is 27.9 Å². The Morgan fingerprint density at radius 1 is 0.686 bits per heavy atom. The summed E-state index contributed by atoms with van der Waals surface area (Å²) in [7, 11) is -3.91. The van der Waals surface area contributed by atoms with Gasteiger partial charge in [-0.25, -0.2) is 0 Å². The molecule has 3 aromatic rings. The van der Waals surface area contributed by atoms with Gasteiger partial charge in [-0.1, -0.05) is 120 Å². The SMILES string of the molecule is CC(C)[Si](Oc1ccc(C(Cc2ccccc2O)[Si](C)(C)c2ccccc2)cc1)(C(C)C)C(C)C. The predicted octanol–water partition coefficient (Wildman–Crippen LogP) is 8.43. The maximum absolute atomic E-state index is 10.6. The Labute approximate surface area is 215 Å². The zero-order valence-electron chi connectivity index (χ0n) is 22.9. The molecular weight excluding hydrogens is 461 g/mol. The van der Waals surface area contributed by atoms with Crippen molar-refractivity contribution in [2.45, 2.75) is 83.2 Å². The van der Waals surface area contributed by atoms with E-state index in [-0.39, 0.29) is 0 Å². The van der Waals surface area contributed by atoms with Gasteiger partial charge in [0.1, 0.15) is 11.5 Å². The van der Waals surface area contributed by atoms with Crippen LogP contribution in [0.25, 0.3) is 0 Å². The van der Waals surface area contributed by atoms with Crippen LogP contribution in [-0.4, -0.2) is 21.5 Å². The van der Waals surface area contributed by atoms with E-state index in [1.807, 2.05) is 12.1 Å². The first-order valence-electron chi connectivity index (χ1n) is 13.1. The van der Waals surface area contributed by atoms with Gasteiger partial charge in [0, 0.05) is 0 Å². The van der Waals surface area contributed by atoms with Crippen LogP contribution in [0.3, 0.4) is 0 Å². The second kappa shape index (κ2) is 11.2. The molecule has 0 bridgehead atoms. The average Bonchev–Trinajstić information content (AvgIpc) is 2.82. The highest BCUT2D eigenvalue weighted by molar-refractivity contribution is 6.91. The summed E-state index contributed by atoms with van der Waals surface area (Å²) >= 11 is 0. The molecule has 0 aliphatic carbocycles. The van der Waals surface area contributed by atoms with E-state index in [1.165, 1.54) is 10.8 Å². The van der Waals surface area contributed by atoms with E-state index in [9.17, 15) is 5.11 Å². The molecule has 0 radical (unpaired) electrons. The van der Waals surface area contributed by atoms with Crippen molar-refractivity contribution in [2.75, 3.05) is 0 Å². The van der Waals surface area contributed by atoms with E-state index in [1.54, 1.807) is 6.07 Å². The summed E-state index contributed by atoms with van der Waals surface area (Å²) in [4.78, 5) is 0. The Kier molecular flexibility index (Phi) is 8.71. The van der Waals surface area contributed by atoms with Crippen molar-refractivity contribution in [1.29, 1.82) is 0 Å². The smallest absolute Gasteiger partial charge is 0.258 e. The van der Waals surface area contributed by atoms with Gasteiger partial charge in [0.25, 0.3) is 8.32 Å². The molecule has 0 aromatic heterocycles. The van der Waals surface area contributed by atoms with Crippen molar-refractivity contribution in [1.82, 2.24) is 0 Å². The van der Waals surface area contributed by atoms with Crippen molar-refractivity contribution < 1.29 is 9.53 Å². The van der Waals surface area contributed by atoms with E-state index >= 15 is 0 Å². The molecule has 4 heteroatoms. The lowest BCUT2D eigenvalue weighted by Crippen LogP contribution is -2.50. The fourth-order valence-corrected chi connectivity index (χ4v) is 14.5. The van der Waals surface area contributed by atoms with Crippen molar-refractivity contribution in [3.63, 3.8) is 0 Å². The summed E-state index contributed by atoms with van der Waals surface area (Å²) in [6.45, 7) is 18.9. The third-order valence-corrected chi connectivity index (χ3v) is 18.2. The fourth-order valence-electron chi connectivity index (χ4n) is 6.09. The average molecular weight is 505 g/mol. The standard InChI is InChI=1S/C31H44O2Si2/c1-23(2)35(24(3)4,25(5)6)33-28-20-18-26(19-21-28)31(22-27-14-12-13-17-30(27)32)34(7,8)29-15-10-9-11-16-29/h9-21,23-25,31-32H,22H2,1-8H3. The summed E-state index contributed by atoms with van der Waals surface area (Å²) in [5, 5.41) is 12.0. The van der Waals surface area contributed by atoms with Crippen molar-refractivity contribution in [3.8, 4) is 11.5 Å². The number of hydrogen-bond donors (Lipinski definition) is 1. The topological polar surface area (TPSA) is 29.5 Å². The first kappa shape index (κ1) is 27.3. The molecule has 3 aromatic carbocycles. The highest BCUT2D eigenvalue weighted by Gasteiger charge is 2.47. The Hall–Kier alpha value is -2.31. The maximum Gasteiger partial charge on any atom is 0.258 e. The van der Waals surface area contributed by atoms with Gasteiger partial charge in [-0.2, -0.15) is 0 Å². The fraction of sp³-hybridized carbons (Fsp3) is 0.419. The number of aromatic hydroxyl groups is 1. The van der Waals surface area contributed by atoms with Crippen molar-refractivity contribution in [3.05, 3.63) is 90.0 Å². The van der Waals surface area contributed by atoms with E-state index in [4.69, 9.17) is 4.43 Å². The Balaban J connectivity index is 2.01. The normalized spacial score (nSPS) is 13.5. The molecule has 0 aliphatic heterocycles. The molecule has 0 amide bonds. The Morgan fingerprint density at radius 2 is 1.20 bits per heavy atom. The molecule has 0 spiro atoms. The molecule has 188 valence electrons. The number of rotatable bonds is 10. The van der Waals surface area contributed by atoms with Gasteiger partial charge >= 0.3 is 0 Å². The van der Waals surface area contributed by atoms with Crippen molar-refractivity contribution in [2.24, 2.45) is 0 Å². The summed E-state index contributed by atoms with van der Waals surface area (Å²) in [5.74, 6) is 1.38. The molecule has 2 nitrogen and oxygen atoms in total. The van der Waals surface area contributed by atoms with Gasteiger partial charge in [0.15, 0.2) is 0 Å². The lowest BCUT2D eigenvalue weighted by atomic mass is 10.0. The van der Waals surface area contributed by atoms with Gasteiger partial charge in [-0.15, -0.1) is 0 Å². The molecular formula is C31H44O2Si2. The molecule has 1 atom stereocenters. The number of hydrogen-bond acceptors (Lipinski definition) is 2. The predicted molar refractivity (Wildman–Crippen MR) is 156 cm³/mol. The Morgan fingerprint density at radius 3 is 1.71 bits per heavy atom. The van der Waals surface area contributed by atoms with Gasteiger partial charge in [-0.3, -0.25) is 0 Å². The zero-order valence-corrected chi connectivity index (χ0v) is 24.9. The van der Waals surface area contributed by atoms with Crippen LogP contribution in [0, 0.1) is 0 Å². The molecule has 0 fully saturated rings. The molecule has 0 aliphatic rings. The highest BCUT2D eigenvalue weighted by Crippen LogP contribution is 2.43. The molecule has 0 heterocycles. The molecule has 1 N–H and O–H groups in total. The van der Waals surface area contributed by atoms with Crippen LogP contribution in [0.15, 0.2) is 78.9 Å². The first-order chi connectivity index (χ1) is 16.5. The lowest BCUT2D eigenvalue weighted by Gasteiger charge is -2.42. The number of para-hydroxylation sites is 1. The lowest BCUT2D eigenvalue weighted by molar-refractivity contribution is 0.467. The van der Waals surface area contributed by atoms with Crippen LogP contribution in [0.5, 0.6) is 11.5 Å². The van der Waals surface area contributed by atoms with E-state index in [0.717, 1.165) is 17.7 Å². The molecule has 3 rings (SSSR count). The summed E-state index contributed by atoms with van der Waals surface area (Å²) in [5.41, 5.74) is 4.29.